The minimum absolute atomic E-state index is 0.0337. The topological polar surface area (TPSA) is 56.0 Å². The molecule has 0 spiro atoms. The van der Waals surface area contributed by atoms with Crippen molar-refractivity contribution in [1.82, 2.24) is 4.98 Å². The van der Waals surface area contributed by atoms with Crippen molar-refractivity contribution in [1.29, 1.82) is 0 Å². The number of hydrogen-bond acceptors (Lipinski definition) is 4. The third-order valence-electron chi connectivity index (χ3n) is 1.57. The van der Waals surface area contributed by atoms with E-state index in [9.17, 15) is 4.79 Å². The van der Waals surface area contributed by atoms with Crippen molar-refractivity contribution in [2.45, 2.75) is 20.3 Å². The van der Waals surface area contributed by atoms with Gasteiger partial charge < -0.3 is 5.73 Å². The summed E-state index contributed by atoms with van der Waals surface area (Å²) < 4.78 is 0. The molecule has 0 aliphatic carbocycles. The molecule has 1 aromatic heterocycles. The molecule has 1 rings (SSSR count). The van der Waals surface area contributed by atoms with Crippen molar-refractivity contribution in [3.63, 3.8) is 0 Å². The molecule has 0 saturated carbocycles. The van der Waals surface area contributed by atoms with Crippen molar-refractivity contribution < 1.29 is 4.79 Å². The molecule has 0 saturated heterocycles. The zero-order valence-electron chi connectivity index (χ0n) is 7.26. The molecule has 0 aromatic carbocycles. The Morgan fingerprint density at radius 2 is 2.33 bits per heavy atom. The predicted octanol–water partition coefficient (Wildman–Crippen LogP) is 1.16. The second kappa shape index (κ2) is 3.78. The number of rotatable bonds is 3. The lowest BCUT2D eigenvalue weighted by molar-refractivity contribution is 0.101. The Hall–Kier alpha value is -0.740. The van der Waals surface area contributed by atoms with Crippen LogP contribution in [0.1, 0.15) is 27.3 Å². The van der Waals surface area contributed by atoms with Gasteiger partial charge in [-0.1, -0.05) is 0 Å². The van der Waals surface area contributed by atoms with E-state index in [-0.39, 0.29) is 5.78 Å². The van der Waals surface area contributed by atoms with Gasteiger partial charge in [-0.3, -0.25) is 4.79 Å². The zero-order chi connectivity index (χ0) is 9.14. The van der Waals surface area contributed by atoms with Crippen molar-refractivity contribution >= 4 is 17.1 Å². The van der Waals surface area contributed by atoms with Crippen LogP contribution in [0.25, 0.3) is 0 Å². The van der Waals surface area contributed by atoms with Crippen LogP contribution in [0.3, 0.4) is 0 Å². The van der Waals surface area contributed by atoms with Crippen LogP contribution < -0.4 is 5.73 Å². The van der Waals surface area contributed by atoms with Crippen LogP contribution in [-0.2, 0) is 6.42 Å². The molecule has 3 nitrogen and oxygen atoms in total. The van der Waals surface area contributed by atoms with E-state index in [1.54, 1.807) is 0 Å². The van der Waals surface area contributed by atoms with Gasteiger partial charge in [0.25, 0.3) is 0 Å². The van der Waals surface area contributed by atoms with Crippen molar-refractivity contribution in [2.24, 2.45) is 5.73 Å². The Morgan fingerprint density at radius 3 is 2.75 bits per heavy atom. The Kier molecular flexibility index (Phi) is 2.94. The molecule has 0 aliphatic heterocycles. The third kappa shape index (κ3) is 1.89. The van der Waals surface area contributed by atoms with Gasteiger partial charge in [0.05, 0.1) is 5.69 Å². The van der Waals surface area contributed by atoms with E-state index in [1.165, 1.54) is 18.3 Å². The molecular formula is C8H12N2OS. The fourth-order valence-corrected chi connectivity index (χ4v) is 1.91. The van der Waals surface area contributed by atoms with Gasteiger partial charge >= 0.3 is 0 Å². The largest absolute Gasteiger partial charge is 0.330 e. The van der Waals surface area contributed by atoms with Crippen LogP contribution in [0.4, 0.5) is 0 Å². The Morgan fingerprint density at radius 1 is 1.67 bits per heavy atom. The number of hydrogen-bond donors (Lipinski definition) is 1. The van der Waals surface area contributed by atoms with E-state index in [0.717, 1.165) is 17.0 Å². The number of Topliss-reactive ketones (excluding diaryl/α,β-unsaturated/α-hetero) is 1. The summed E-state index contributed by atoms with van der Waals surface area (Å²) in [5, 5.41) is 0.593. The van der Waals surface area contributed by atoms with Crippen molar-refractivity contribution in [2.75, 3.05) is 6.54 Å². The van der Waals surface area contributed by atoms with Gasteiger partial charge in [-0.2, -0.15) is 0 Å². The minimum Gasteiger partial charge on any atom is -0.330 e. The summed E-state index contributed by atoms with van der Waals surface area (Å²) in [6.45, 7) is 4.05. The number of nitrogens with two attached hydrogens (primary N) is 1. The lowest BCUT2D eigenvalue weighted by Crippen LogP contribution is -2.01. The minimum atomic E-state index is 0.0337. The van der Waals surface area contributed by atoms with Gasteiger partial charge in [-0.25, -0.2) is 4.98 Å². The number of carbonyl (C=O) groups excluding carboxylic acids is 1. The second-order valence-electron chi connectivity index (χ2n) is 2.62. The molecule has 0 bridgehead atoms. The van der Waals surface area contributed by atoms with Gasteiger partial charge in [0.1, 0.15) is 0 Å². The maximum atomic E-state index is 10.9. The van der Waals surface area contributed by atoms with E-state index in [1.807, 2.05) is 6.92 Å². The number of thiazole rings is 1. The lowest BCUT2D eigenvalue weighted by Gasteiger charge is -1.90. The lowest BCUT2D eigenvalue weighted by atomic mass is 10.3. The fraction of sp³-hybridized carbons (Fsp3) is 0.500. The molecule has 0 aliphatic rings. The number of nitrogens with zero attached hydrogens (tertiary/aromatic N) is 1. The van der Waals surface area contributed by atoms with Gasteiger partial charge in [0.15, 0.2) is 10.8 Å². The van der Waals surface area contributed by atoms with E-state index >= 15 is 0 Å². The smallest absolute Gasteiger partial charge is 0.188 e. The molecule has 1 heterocycles. The Labute approximate surface area is 75.6 Å². The molecule has 0 radical (unpaired) electrons. The van der Waals surface area contributed by atoms with Crippen LogP contribution in [0.2, 0.25) is 0 Å². The summed E-state index contributed by atoms with van der Waals surface area (Å²) in [5.74, 6) is 0.0337. The maximum absolute atomic E-state index is 10.9. The summed E-state index contributed by atoms with van der Waals surface area (Å²) in [5.41, 5.74) is 6.35. The summed E-state index contributed by atoms with van der Waals surface area (Å²) in [6.07, 6.45) is 0.816. The molecule has 4 heteroatoms. The van der Waals surface area contributed by atoms with Crippen LogP contribution in [0.15, 0.2) is 0 Å². The van der Waals surface area contributed by atoms with Crippen LogP contribution >= 0.6 is 11.3 Å². The third-order valence-corrected chi connectivity index (χ3v) is 2.88. The molecule has 0 unspecified atom stereocenters. The maximum Gasteiger partial charge on any atom is 0.188 e. The quantitative estimate of drug-likeness (QED) is 0.717. The van der Waals surface area contributed by atoms with Gasteiger partial charge in [0.2, 0.25) is 0 Å². The van der Waals surface area contributed by atoms with Crippen molar-refractivity contribution in [3.8, 4) is 0 Å². The first kappa shape index (κ1) is 9.35. The van der Waals surface area contributed by atoms with Gasteiger partial charge in [-0.15, -0.1) is 11.3 Å². The highest BCUT2D eigenvalue weighted by Gasteiger charge is 2.09. The monoisotopic (exact) mass is 184 g/mol. The van der Waals surface area contributed by atoms with E-state index in [2.05, 4.69) is 4.98 Å². The molecule has 0 amide bonds. The zero-order valence-corrected chi connectivity index (χ0v) is 8.07. The molecule has 66 valence electrons. The number of aryl methyl sites for hydroxylation is 1. The number of carbonyl (C=O) groups is 1. The summed E-state index contributed by atoms with van der Waals surface area (Å²) >= 11 is 1.45. The van der Waals surface area contributed by atoms with E-state index in [0.29, 0.717) is 11.6 Å². The first-order valence-electron chi connectivity index (χ1n) is 3.82. The highest BCUT2D eigenvalue weighted by Crippen LogP contribution is 2.18. The van der Waals surface area contributed by atoms with Crippen LogP contribution in [-0.4, -0.2) is 17.3 Å². The fourth-order valence-electron chi connectivity index (χ4n) is 0.942. The number of aromatic nitrogens is 1. The standard InChI is InChI=1S/C8H12N2OS/c1-5-7(3-4-9)12-8(10-5)6(2)11/h3-4,9H2,1-2H3. The molecular weight excluding hydrogens is 172 g/mol. The summed E-state index contributed by atoms with van der Waals surface area (Å²) in [4.78, 5) is 16.2. The average molecular weight is 184 g/mol. The highest BCUT2D eigenvalue weighted by molar-refractivity contribution is 7.13. The second-order valence-corrected chi connectivity index (χ2v) is 3.71. The molecule has 2 N–H and O–H groups in total. The summed E-state index contributed by atoms with van der Waals surface area (Å²) in [7, 11) is 0. The first-order chi connectivity index (χ1) is 5.65. The van der Waals surface area contributed by atoms with E-state index in [4.69, 9.17) is 5.73 Å². The SMILES string of the molecule is CC(=O)c1nc(C)c(CCN)s1. The van der Waals surface area contributed by atoms with E-state index < -0.39 is 0 Å². The predicted molar refractivity (Wildman–Crippen MR) is 49.6 cm³/mol. The van der Waals surface area contributed by atoms with Crippen LogP contribution in [0.5, 0.6) is 0 Å². The molecule has 12 heavy (non-hydrogen) atoms. The number of ketones is 1. The molecule has 0 atom stereocenters. The Balaban J connectivity index is 2.92. The first-order valence-corrected chi connectivity index (χ1v) is 4.64. The van der Waals surface area contributed by atoms with Crippen molar-refractivity contribution in [3.05, 3.63) is 15.6 Å². The normalized spacial score (nSPS) is 10.2. The van der Waals surface area contributed by atoms with Gasteiger partial charge in [-0.05, 0) is 19.9 Å². The summed E-state index contributed by atoms with van der Waals surface area (Å²) in [6, 6.07) is 0. The van der Waals surface area contributed by atoms with Gasteiger partial charge in [0, 0.05) is 11.8 Å². The average Bonchev–Trinajstić information content (AvgIpc) is 2.34. The molecule has 0 fully saturated rings. The molecule has 1 aromatic rings. The Bertz CT molecular complexity index is 293. The van der Waals surface area contributed by atoms with Crippen LogP contribution in [0, 0.1) is 6.92 Å². The highest BCUT2D eigenvalue weighted by atomic mass is 32.1.